The minimum Gasteiger partial charge on any atom is -0.388 e. The molecule has 1 atom stereocenters. The third-order valence-corrected chi connectivity index (χ3v) is 2.56. The number of aryl methyl sites for hydroxylation is 1. The maximum Gasteiger partial charge on any atom is 0.416 e. The molecule has 102 valence electrons. The van der Waals surface area contributed by atoms with E-state index < -0.39 is 17.8 Å². The van der Waals surface area contributed by atoms with Crippen LogP contribution in [-0.2, 0) is 12.6 Å². The van der Waals surface area contributed by atoms with Crippen LogP contribution in [0.2, 0.25) is 0 Å². The zero-order valence-corrected chi connectivity index (χ0v) is 9.98. The highest BCUT2D eigenvalue weighted by atomic mass is 19.4. The second kappa shape index (κ2) is 5.00. The molecule has 0 aliphatic heterocycles. The summed E-state index contributed by atoms with van der Waals surface area (Å²) in [5.74, 6) is 0.466. The maximum atomic E-state index is 12.8. The molecule has 0 aliphatic carbocycles. The molecule has 1 aromatic carbocycles. The Morgan fingerprint density at radius 2 is 2.00 bits per heavy atom. The zero-order valence-electron chi connectivity index (χ0n) is 9.98. The van der Waals surface area contributed by atoms with Gasteiger partial charge in [0.15, 0.2) is 5.82 Å². The van der Waals surface area contributed by atoms with Crippen LogP contribution in [-0.4, -0.2) is 15.2 Å². The Hall–Kier alpha value is -1.89. The van der Waals surface area contributed by atoms with Crippen LogP contribution in [0.4, 0.5) is 13.2 Å². The number of halogens is 3. The molecular weight excluding hydrogens is 261 g/mol. The molecule has 0 radical (unpaired) electrons. The monoisotopic (exact) mass is 272 g/mol. The molecule has 0 saturated heterocycles. The van der Waals surface area contributed by atoms with Crippen LogP contribution in [0.25, 0.3) is 0 Å². The van der Waals surface area contributed by atoms with Crippen molar-refractivity contribution in [1.29, 1.82) is 0 Å². The first-order chi connectivity index (χ1) is 8.88. The van der Waals surface area contributed by atoms with E-state index in [2.05, 4.69) is 10.1 Å². The van der Waals surface area contributed by atoms with Crippen molar-refractivity contribution >= 4 is 0 Å². The number of hydrogen-bond donors (Lipinski definition) is 1. The SMILES string of the molecule is Cc1noc(CC(O)c2ccccc2C(F)(F)F)n1. The fraction of sp³-hybridized carbons (Fsp3) is 0.333. The lowest BCUT2D eigenvalue weighted by atomic mass is 10.00. The van der Waals surface area contributed by atoms with E-state index in [-0.39, 0.29) is 17.9 Å². The maximum absolute atomic E-state index is 12.8. The molecule has 1 N–H and O–H groups in total. The lowest BCUT2D eigenvalue weighted by Crippen LogP contribution is -2.13. The predicted molar refractivity (Wildman–Crippen MR) is 59.1 cm³/mol. The van der Waals surface area contributed by atoms with E-state index in [0.29, 0.717) is 5.82 Å². The Labute approximate surface area is 106 Å². The highest BCUT2D eigenvalue weighted by Crippen LogP contribution is 2.35. The van der Waals surface area contributed by atoms with Gasteiger partial charge < -0.3 is 9.63 Å². The second-order valence-corrected chi connectivity index (χ2v) is 4.04. The topological polar surface area (TPSA) is 59.2 Å². The van der Waals surface area contributed by atoms with Gasteiger partial charge in [-0.15, -0.1) is 0 Å². The standard InChI is InChI=1S/C12H11F3N2O2/c1-7-16-11(19-17-7)6-10(18)8-4-2-3-5-9(8)12(13,14)15/h2-5,10,18H,6H2,1H3. The number of alkyl halides is 3. The third-order valence-electron chi connectivity index (χ3n) is 2.56. The summed E-state index contributed by atoms with van der Waals surface area (Å²) in [4.78, 5) is 3.85. The molecule has 0 aliphatic rings. The second-order valence-electron chi connectivity index (χ2n) is 4.04. The first-order valence-corrected chi connectivity index (χ1v) is 5.51. The van der Waals surface area contributed by atoms with Crippen molar-refractivity contribution in [2.75, 3.05) is 0 Å². The van der Waals surface area contributed by atoms with E-state index in [1.54, 1.807) is 6.92 Å². The lowest BCUT2D eigenvalue weighted by molar-refractivity contribution is -0.139. The van der Waals surface area contributed by atoms with E-state index in [9.17, 15) is 18.3 Å². The molecule has 1 aromatic heterocycles. The molecule has 0 saturated carbocycles. The van der Waals surface area contributed by atoms with Gasteiger partial charge in [0.1, 0.15) is 0 Å². The van der Waals surface area contributed by atoms with Gasteiger partial charge in [0.05, 0.1) is 18.1 Å². The average Bonchev–Trinajstić information content (AvgIpc) is 2.73. The number of benzene rings is 1. The fourth-order valence-corrected chi connectivity index (χ4v) is 1.74. The van der Waals surface area contributed by atoms with Gasteiger partial charge >= 0.3 is 6.18 Å². The summed E-state index contributed by atoms with van der Waals surface area (Å²) >= 11 is 0. The molecule has 1 heterocycles. The highest BCUT2D eigenvalue weighted by molar-refractivity contribution is 5.31. The number of aliphatic hydroxyl groups excluding tert-OH is 1. The summed E-state index contributed by atoms with van der Waals surface area (Å²) in [6.07, 6.45) is -6.02. The fourth-order valence-electron chi connectivity index (χ4n) is 1.74. The number of nitrogens with zero attached hydrogens (tertiary/aromatic N) is 2. The van der Waals surface area contributed by atoms with Crippen molar-refractivity contribution in [2.45, 2.75) is 25.6 Å². The van der Waals surface area contributed by atoms with Gasteiger partial charge in [-0.1, -0.05) is 23.4 Å². The van der Waals surface area contributed by atoms with Crippen LogP contribution in [0.15, 0.2) is 28.8 Å². The van der Waals surface area contributed by atoms with E-state index in [0.717, 1.165) is 6.07 Å². The minimum atomic E-state index is -4.51. The minimum absolute atomic E-state index is 0.0991. The molecule has 2 rings (SSSR count). The molecule has 2 aromatic rings. The smallest absolute Gasteiger partial charge is 0.388 e. The van der Waals surface area contributed by atoms with Crippen LogP contribution < -0.4 is 0 Å². The van der Waals surface area contributed by atoms with Crippen molar-refractivity contribution in [3.63, 3.8) is 0 Å². The highest BCUT2D eigenvalue weighted by Gasteiger charge is 2.34. The Kier molecular flexibility index (Phi) is 3.57. The van der Waals surface area contributed by atoms with Gasteiger partial charge in [-0.2, -0.15) is 18.2 Å². The molecule has 0 amide bonds. The van der Waals surface area contributed by atoms with Crippen molar-refractivity contribution in [3.05, 3.63) is 47.1 Å². The van der Waals surface area contributed by atoms with Crippen LogP contribution in [0, 0.1) is 6.92 Å². The van der Waals surface area contributed by atoms with Gasteiger partial charge in [-0.3, -0.25) is 0 Å². The Bertz CT molecular complexity index is 566. The number of aliphatic hydroxyl groups is 1. The first kappa shape index (κ1) is 13.5. The summed E-state index contributed by atoms with van der Waals surface area (Å²) in [5.41, 5.74) is -1.07. The lowest BCUT2D eigenvalue weighted by Gasteiger charge is -2.16. The molecular formula is C12H11F3N2O2. The summed E-state index contributed by atoms with van der Waals surface area (Å²) < 4.78 is 43.1. The normalized spacial score (nSPS) is 13.5. The van der Waals surface area contributed by atoms with Crippen LogP contribution in [0.5, 0.6) is 0 Å². The Balaban J connectivity index is 2.26. The van der Waals surface area contributed by atoms with Gasteiger partial charge in [-0.25, -0.2) is 0 Å². The third kappa shape index (κ3) is 3.11. The van der Waals surface area contributed by atoms with E-state index in [1.165, 1.54) is 18.2 Å². The quantitative estimate of drug-likeness (QED) is 0.933. The van der Waals surface area contributed by atoms with Crippen LogP contribution in [0.3, 0.4) is 0 Å². The summed E-state index contributed by atoms with van der Waals surface area (Å²) in [7, 11) is 0. The summed E-state index contributed by atoms with van der Waals surface area (Å²) in [6.45, 7) is 1.59. The Morgan fingerprint density at radius 1 is 1.32 bits per heavy atom. The van der Waals surface area contributed by atoms with Gasteiger partial charge in [-0.05, 0) is 18.6 Å². The summed E-state index contributed by atoms with van der Waals surface area (Å²) in [6, 6.07) is 4.87. The van der Waals surface area contributed by atoms with Crippen LogP contribution in [0.1, 0.15) is 28.9 Å². The number of aromatic nitrogens is 2. The molecule has 4 nitrogen and oxygen atoms in total. The van der Waals surface area contributed by atoms with Gasteiger partial charge in [0, 0.05) is 0 Å². The van der Waals surface area contributed by atoms with Crippen molar-refractivity contribution in [1.82, 2.24) is 10.1 Å². The van der Waals surface area contributed by atoms with E-state index in [4.69, 9.17) is 4.52 Å². The first-order valence-electron chi connectivity index (χ1n) is 5.51. The molecule has 0 fully saturated rings. The molecule has 0 bridgehead atoms. The zero-order chi connectivity index (χ0) is 14.0. The molecule has 19 heavy (non-hydrogen) atoms. The van der Waals surface area contributed by atoms with Crippen molar-refractivity contribution < 1.29 is 22.8 Å². The number of rotatable bonds is 3. The molecule has 1 unspecified atom stereocenters. The Morgan fingerprint density at radius 3 is 2.58 bits per heavy atom. The molecule has 0 spiro atoms. The predicted octanol–water partition coefficient (Wildman–Crippen LogP) is 2.67. The van der Waals surface area contributed by atoms with Crippen molar-refractivity contribution in [3.8, 4) is 0 Å². The summed E-state index contributed by atoms with van der Waals surface area (Å²) in [5, 5.41) is 13.4. The van der Waals surface area contributed by atoms with E-state index >= 15 is 0 Å². The van der Waals surface area contributed by atoms with E-state index in [1.807, 2.05) is 0 Å². The molecule has 7 heteroatoms. The average molecular weight is 272 g/mol. The largest absolute Gasteiger partial charge is 0.416 e. The van der Waals surface area contributed by atoms with Crippen molar-refractivity contribution in [2.24, 2.45) is 0 Å². The van der Waals surface area contributed by atoms with Crippen LogP contribution >= 0.6 is 0 Å². The number of hydrogen-bond acceptors (Lipinski definition) is 4. The van der Waals surface area contributed by atoms with Gasteiger partial charge in [0.25, 0.3) is 0 Å². The van der Waals surface area contributed by atoms with Gasteiger partial charge in [0.2, 0.25) is 5.89 Å².